The van der Waals surface area contributed by atoms with Gasteiger partial charge in [0.15, 0.2) is 0 Å². The van der Waals surface area contributed by atoms with Gasteiger partial charge in [0.05, 0.1) is 9.82 Å². The lowest BCUT2D eigenvalue weighted by Crippen LogP contribution is -1.99. The van der Waals surface area contributed by atoms with Gasteiger partial charge in [-0.25, -0.2) is 4.98 Å². The van der Waals surface area contributed by atoms with Crippen molar-refractivity contribution < 1.29 is 4.92 Å². The molecule has 98 valence electrons. The first-order chi connectivity index (χ1) is 8.99. The van der Waals surface area contributed by atoms with Gasteiger partial charge >= 0.3 is 5.69 Å². The van der Waals surface area contributed by atoms with E-state index >= 15 is 0 Å². The first-order valence-corrected chi connectivity index (χ1v) is 6.44. The Kier molecular flexibility index (Phi) is 3.71. The van der Waals surface area contributed by atoms with Crippen LogP contribution >= 0.6 is 11.8 Å². The number of nitrogens with zero attached hydrogens (tertiary/aromatic N) is 2. The first-order valence-electron chi connectivity index (χ1n) is 5.63. The van der Waals surface area contributed by atoms with Crippen LogP contribution in [-0.2, 0) is 0 Å². The molecule has 2 rings (SSSR count). The molecule has 0 fully saturated rings. The molecule has 0 aliphatic carbocycles. The van der Waals surface area contributed by atoms with E-state index in [2.05, 4.69) is 4.98 Å². The topological polar surface area (TPSA) is 82.0 Å². The molecule has 0 aliphatic rings. The maximum absolute atomic E-state index is 11.0. The maximum atomic E-state index is 11.0. The van der Waals surface area contributed by atoms with E-state index < -0.39 is 4.92 Å². The Morgan fingerprint density at radius 2 is 2.00 bits per heavy atom. The highest BCUT2D eigenvalue weighted by atomic mass is 32.2. The fourth-order valence-electron chi connectivity index (χ4n) is 1.62. The number of anilines is 1. The summed E-state index contributed by atoms with van der Waals surface area (Å²) in [7, 11) is 0. The van der Waals surface area contributed by atoms with Gasteiger partial charge in [0.2, 0.25) is 5.82 Å². The Bertz CT molecular complexity index is 644. The van der Waals surface area contributed by atoms with Gasteiger partial charge in [-0.1, -0.05) is 17.8 Å². The van der Waals surface area contributed by atoms with E-state index in [-0.39, 0.29) is 11.5 Å². The Morgan fingerprint density at radius 3 is 2.63 bits per heavy atom. The minimum absolute atomic E-state index is 0.0566. The number of benzene rings is 1. The second-order valence-corrected chi connectivity index (χ2v) is 5.26. The number of rotatable bonds is 3. The molecule has 0 saturated carbocycles. The van der Waals surface area contributed by atoms with Crippen LogP contribution in [0.15, 0.2) is 40.3 Å². The number of aromatic nitrogens is 1. The molecule has 0 unspecified atom stereocenters. The third-order valence-corrected chi connectivity index (χ3v) is 3.84. The summed E-state index contributed by atoms with van der Waals surface area (Å²) in [6, 6.07) is 7.54. The number of nitrogens with two attached hydrogens (primary N) is 1. The fourth-order valence-corrected chi connectivity index (χ4v) is 2.65. The predicted molar refractivity (Wildman–Crippen MR) is 75.3 cm³/mol. The molecule has 19 heavy (non-hydrogen) atoms. The molecule has 0 saturated heterocycles. The molecule has 2 aromatic rings. The highest BCUT2D eigenvalue weighted by Crippen LogP contribution is 2.37. The van der Waals surface area contributed by atoms with Crippen molar-refractivity contribution in [3.8, 4) is 0 Å². The minimum Gasteiger partial charge on any atom is -0.378 e. The SMILES string of the molecule is Cc1ccc(Sc2ccnc(N)c2[N+](=O)[O-])cc1C. The van der Waals surface area contributed by atoms with E-state index in [0.717, 1.165) is 10.5 Å². The van der Waals surface area contributed by atoms with E-state index in [1.165, 1.54) is 23.5 Å². The smallest absolute Gasteiger partial charge is 0.324 e. The molecule has 1 heterocycles. The molecular formula is C13H13N3O2S. The Labute approximate surface area is 115 Å². The number of hydrogen-bond donors (Lipinski definition) is 1. The van der Waals surface area contributed by atoms with Crippen molar-refractivity contribution in [3.05, 3.63) is 51.7 Å². The second-order valence-electron chi connectivity index (χ2n) is 4.15. The van der Waals surface area contributed by atoms with Crippen LogP contribution in [0, 0.1) is 24.0 Å². The zero-order valence-electron chi connectivity index (χ0n) is 10.6. The summed E-state index contributed by atoms with van der Waals surface area (Å²) >= 11 is 1.32. The average Bonchev–Trinajstić information content (AvgIpc) is 2.33. The summed E-state index contributed by atoms with van der Waals surface area (Å²) in [5.41, 5.74) is 7.77. The molecule has 0 amide bonds. The van der Waals surface area contributed by atoms with E-state index in [1.807, 2.05) is 32.0 Å². The number of hydrogen-bond acceptors (Lipinski definition) is 5. The van der Waals surface area contributed by atoms with Crippen molar-refractivity contribution >= 4 is 23.3 Å². The van der Waals surface area contributed by atoms with Gasteiger partial charge in [0, 0.05) is 11.1 Å². The summed E-state index contributed by atoms with van der Waals surface area (Å²) in [5, 5.41) is 11.0. The average molecular weight is 275 g/mol. The van der Waals surface area contributed by atoms with Crippen molar-refractivity contribution in [2.45, 2.75) is 23.6 Å². The van der Waals surface area contributed by atoms with E-state index in [1.54, 1.807) is 6.07 Å². The van der Waals surface area contributed by atoms with Crippen LogP contribution in [0.5, 0.6) is 0 Å². The van der Waals surface area contributed by atoms with Gasteiger partial charge in [-0.3, -0.25) is 10.1 Å². The van der Waals surface area contributed by atoms with Gasteiger partial charge in [0.25, 0.3) is 0 Å². The second kappa shape index (κ2) is 5.27. The van der Waals surface area contributed by atoms with E-state index in [9.17, 15) is 10.1 Å². The van der Waals surface area contributed by atoms with Crippen LogP contribution in [0.2, 0.25) is 0 Å². The maximum Gasteiger partial charge on any atom is 0.324 e. The van der Waals surface area contributed by atoms with Crippen LogP contribution in [0.4, 0.5) is 11.5 Å². The van der Waals surface area contributed by atoms with Crippen molar-refractivity contribution in [1.82, 2.24) is 4.98 Å². The summed E-state index contributed by atoms with van der Waals surface area (Å²) in [6.07, 6.45) is 1.48. The van der Waals surface area contributed by atoms with Crippen LogP contribution in [0.25, 0.3) is 0 Å². The summed E-state index contributed by atoms with van der Waals surface area (Å²) in [4.78, 5) is 15.7. The molecule has 0 radical (unpaired) electrons. The quantitative estimate of drug-likeness (QED) is 0.686. The first kappa shape index (κ1) is 13.4. The fraction of sp³-hybridized carbons (Fsp3) is 0.154. The van der Waals surface area contributed by atoms with Gasteiger partial charge in [-0.15, -0.1) is 0 Å². The van der Waals surface area contributed by atoms with Crippen LogP contribution < -0.4 is 5.73 Å². The molecule has 0 atom stereocenters. The number of pyridine rings is 1. The molecule has 1 aromatic carbocycles. The molecule has 1 aromatic heterocycles. The Hall–Kier alpha value is -2.08. The van der Waals surface area contributed by atoms with Gasteiger partial charge in [0.1, 0.15) is 0 Å². The van der Waals surface area contributed by atoms with Crippen LogP contribution in [0.1, 0.15) is 11.1 Å². The largest absolute Gasteiger partial charge is 0.378 e. The van der Waals surface area contributed by atoms with E-state index in [0.29, 0.717) is 4.90 Å². The van der Waals surface area contributed by atoms with Crippen molar-refractivity contribution in [2.75, 3.05) is 5.73 Å². The normalized spacial score (nSPS) is 10.4. The lowest BCUT2D eigenvalue weighted by atomic mass is 10.1. The molecule has 6 heteroatoms. The van der Waals surface area contributed by atoms with E-state index in [4.69, 9.17) is 5.73 Å². The monoisotopic (exact) mass is 275 g/mol. The predicted octanol–water partition coefficient (Wildman–Crippen LogP) is 3.34. The highest BCUT2D eigenvalue weighted by molar-refractivity contribution is 7.99. The lowest BCUT2D eigenvalue weighted by Gasteiger charge is -2.06. The molecule has 5 nitrogen and oxygen atoms in total. The zero-order chi connectivity index (χ0) is 14.0. The van der Waals surface area contributed by atoms with Crippen LogP contribution in [0.3, 0.4) is 0 Å². The summed E-state index contributed by atoms with van der Waals surface area (Å²) in [6.45, 7) is 4.03. The summed E-state index contributed by atoms with van der Waals surface area (Å²) in [5.74, 6) is -0.0566. The van der Waals surface area contributed by atoms with Crippen LogP contribution in [-0.4, -0.2) is 9.91 Å². The van der Waals surface area contributed by atoms with Crippen molar-refractivity contribution in [3.63, 3.8) is 0 Å². The van der Waals surface area contributed by atoms with Gasteiger partial charge in [-0.05, 0) is 43.2 Å². The zero-order valence-corrected chi connectivity index (χ0v) is 11.4. The minimum atomic E-state index is -0.494. The van der Waals surface area contributed by atoms with Crippen molar-refractivity contribution in [1.29, 1.82) is 0 Å². The number of nitro groups is 1. The highest BCUT2D eigenvalue weighted by Gasteiger charge is 2.19. The van der Waals surface area contributed by atoms with Crippen molar-refractivity contribution in [2.24, 2.45) is 0 Å². The molecule has 0 bridgehead atoms. The van der Waals surface area contributed by atoms with Gasteiger partial charge in [-0.2, -0.15) is 0 Å². The number of aryl methyl sites for hydroxylation is 2. The Morgan fingerprint density at radius 1 is 1.26 bits per heavy atom. The molecule has 0 spiro atoms. The number of nitrogen functional groups attached to an aromatic ring is 1. The third kappa shape index (κ3) is 2.85. The third-order valence-electron chi connectivity index (χ3n) is 2.80. The molecule has 2 N–H and O–H groups in total. The summed E-state index contributed by atoms with van der Waals surface area (Å²) < 4.78 is 0. The standard InChI is InChI=1S/C13H13N3O2S/c1-8-3-4-10(7-9(8)2)19-11-5-6-15-13(14)12(11)16(17)18/h3-7H,1-2H3,(H2,14,15). The van der Waals surface area contributed by atoms with Gasteiger partial charge < -0.3 is 5.73 Å². The lowest BCUT2D eigenvalue weighted by molar-refractivity contribution is -0.387. The Balaban J connectivity index is 2.40. The molecule has 0 aliphatic heterocycles. The molecular weight excluding hydrogens is 262 g/mol.